The number of H-pyrrole nitrogens is 1. The third-order valence-electron chi connectivity index (χ3n) is 3.60. The number of aromatic amines is 1. The summed E-state index contributed by atoms with van der Waals surface area (Å²) in [4.78, 5) is 24.2. The average molecular weight is 337 g/mol. The summed E-state index contributed by atoms with van der Waals surface area (Å²) in [6.07, 6.45) is 0. The molecular formula is C18H15N3O4. The van der Waals surface area contributed by atoms with E-state index in [1.54, 1.807) is 24.3 Å². The Morgan fingerprint density at radius 2 is 1.60 bits per heavy atom. The van der Waals surface area contributed by atoms with Crippen molar-refractivity contribution in [2.45, 2.75) is 6.54 Å². The van der Waals surface area contributed by atoms with Crippen molar-refractivity contribution >= 4 is 5.91 Å². The van der Waals surface area contributed by atoms with E-state index < -0.39 is 11.5 Å². The van der Waals surface area contributed by atoms with E-state index in [9.17, 15) is 19.8 Å². The van der Waals surface area contributed by atoms with Crippen LogP contribution in [0, 0.1) is 0 Å². The zero-order valence-corrected chi connectivity index (χ0v) is 13.1. The van der Waals surface area contributed by atoms with Gasteiger partial charge >= 0.3 is 0 Å². The summed E-state index contributed by atoms with van der Waals surface area (Å²) in [6.45, 7) is 0.218. The predicted molar refractivity (Wildman–Crippen MR) is 91.2 cm³/mol. The van der Waals surface area contributed by atoms with Crippen molar-refractivity contribution in [2.75, 3.05) is 0 Å². The number of aromatic nitrogens is 2. The minimum atomic E-state index is -0.592. The number of rotatable bonds is 4. The second-order valence-electron chi connectivity index (χ2n) is 5.39. The summed E-state index contributed by atoms with van der Waals surface area (Å²) in [5.74, 6) is -0.281. The number of nitrogens with zero attached hydrogens (tertiary/aromatic N) is 1. The Labute approximate surface area is 142 Å². The van der Waals surface area contributed by atoms with Crippen LogP contribution in [0.1, 0.15) is 15.9 Å². The number of carbonyl (C=O) groups is 1. The molecule has 126 valence electrons. The van der Waals surface area contributed by atoms with E-state index in [2.05, 4.69) is 15.5 Å². The quantitative estimate of drug-likeness (QED) is 0.579. The topological polar surface area (TPSA) is 115 Å². The highest BCUT2D eigenvalue weighted by Gasteiger charge is 2.13. The fraction of sp³-hybridized carbons (Fsp3) is 0.0556. The Balaban J connectivity index is 1.79. The van der Waals surface area contributed by atoms with Gasteiger partial charge in [0.05, 0.1) is 5.69 Å². The molecule has 2 aromatic carbocycles. The minimum Gasteiger partial charge on any atom is -0.508 e. The molecule has 0 spiro atoms. The number of aromatic hydroxyl groups is 2. The molecule has 0 fully saturated rings. The molecule has 0 aliphatic heterocycles. The molecule has 0 saturated carbocycles. The molecule has 7 nitrogen and oxygen atoms in total. The van der Waals surface area contributed by atoms with Gasteiger partial charge in [0.1, 0.15) is 17.1 Å². The first-order valence-electron chi connectivity index (χ1n) is 7.48. The maximum absolute atomic E-state index is 12.3. The van der Waals surface area contributed by atoms with E-state index in [1.807, 2.05) is 0 Å². The van der Waals surface area contributed by atoms with Crippen molar-refractivity contribution in [2.24, 2.45) is 0 Å². The van der Waals surface area contributed by atoms with Crippen LogP contribution in [-0.4, -0.2) is 26.3 Å². The molecule has 4 N–H and O–H groups in total. The lowest BCUT2D eigenvalue weighted by Gasteiger charge is -2.06. The van der Waals surface area contributed by atoms with Crippen molar-refractivity contribution < 1.29 is 15.0 Å². The summed E-state index contributed by atoms with van der Waals surface area (Å²) in [5.41, 5.74) is 1.20. The van der Waals surface area contributed by atoms with Crippen LogP contribution in [0.3, 0.4) is 0 Å². The Kier molecular flexibility index (Phi) is 4.47. The predicted octanol–water partition coefficient (Wildman–Crippen LogP) is 1.78. The number of carbonyl (C=O) groups excluding carboxylic acids is 1. The van der Waals surface area contributed by atoms with Crippen molar-refractivity contribution in [3.05, 3.63) is 76.1 Å². The summed E-state index contributed by atoms with van der Waals surface area (Å²) >= 11 is 0. The van der Waals surface area contributed by atoms with Gasteiger partial charge in [-0.15, -0.1) is 0 Å². The molecule has 1 aromatic heterocycles. The lowest BCUT2D eigenvalue weighted by atomic mass is 10.1. The van der Waals surface area contributed by atoms with Gasteiger partial charge in [-0.2, -0.15) is 5.10 Å². The molecule has 0 radical (unpaired) electrons. The third kappa shape index (κ3) is 3.84. The number of nitrogens with one attached hydrogen (secondary N) is 2. The highest BCUT2D eigenvalue weighted by Crippen LogP contribution is 2.19. The Morgan fingerprint density at radius 1 is 1.00 bits per heavy atom. The molecule has 0 saturated heterocycles. The first kappa shape index (κ1) is 16.3. The van der Waals surface area contributed by atoms with Crippen LogP contribution >= 0.6 is 0 Å². The summed E-state index contributed by atoms with van der Waals surface area (Å²) in [5, 5.41) is 27.5. The molecule has 0 aliphatic rings. The van der Waals surface area contributed by atoms with Gasteiger partial charge in [0.2, 0.25) is 0 Å². The van der Waals surface area contributed by atoms with E-state index >= 15 is 0 Å². The highest BCUT2D eigenvalue weighted by atomic mass is 16.3. The minimum absolute atomic E-state index is 0.0585. The maximum Gasteiger partial charge on any atom is 0.277 e. The van der Waals surface area contributed by atoms with Crippen LogP contribution in [0.25, 0.3) is 11.3 Å². The van der Waals surface area contributed by atoms with Crippen LogP contribution < -0.4 is 10.9 Å². The van der Waals surface area contributed by atoms with Gasteiger partial charge < -0.3 is 15.5 Å². The van der Waals surface area contributed by atoms with Gasteiger partial charge in [-0.25, -0.2) is 5.10 Å². The molecule has 7 heteroatoms. The fourth-order valence-corrected chi connectivity index (χ4v) is 2.25. The summed E-state index contributed by atoms with van der Waals surface area (Å²) in [6, 6.07) is 14.0. The van der Waals surface area contributed by atoms with Crippen molar-refractivity contribution in [3.8, 4) is 22.8 Å². The number of phenols is 2. The first-order chi connectivity index (χ1) is 12.0. The number of phenolic OH excluding ortho intramolecular Hbond substituents is 2. The summed E-state index contributed by atoms with van der Waals surface area (Å²) in [7, 11) is 0. The molecule has 0 atom stereocenters. The van der Waals surface area contributed by atoms with E-state index in [0.717, 1.165) is 5.56 Å². The number of hydrogen-bond acceptors (Lipinski definition) is 5. The Hall–Kier alpha value is -3.61. The monoisotopic (exact) mass is 337 g/mol. The second-order valence-corrected chi connectivity index (χ2v) is 5.39. The summed E-state index contributed by atoms with van der Waals surface area (Å²) < 4.78 is 0. The normalized spacial score (nSPS) is 10.4. The highest BCUT2D eigenvalue weighted by molar-refractivity contribution is 5.94. The van der Waals surface area contributed by atoms with Gasteiger partial charge in [0.15, 0.2) is 0 Å². The largest absolute Gasteiger partial charge is 0.508 e. The van der Waals surface area contributed by atoms with Crippen molar-refractivity contribution in [1.29, 1.82) is 0 Å². The van der Waals surface area contributed by atoms with Crippen LogP contribution in [-0.2, 0) is 6.54 Å². The second kappa shape index (κ2) is 6.88. The molecule has 25 heavy (non-hydrogen) atoms. The van der Waals surface area contributed by atoms with E-state index in [-0.39, 0.29) is 23.6 Å². The lowest BCUT2D eigenvalue weighted by Crippen LogP contribution is -2.29. The van der Waals surface area contributed by atoms with Gasteiger partial charge in [-0.05, 0) is 48.0 Å². The Morgan fingerprint density at radius 3 is 2.24 bits per heavy atom. The molecule has 3 aromatic rings. The standard InChI is InChI=1S/C18H15N3O4/c22-13-5-1-11(2-6-13)10-19-17(24)15-9-16(20-21-18(15)25)12-3-7-14(23)8-4-12/h1-9,22-23H,10H2,(H,19,24)(H,21,25). The van der Waals surface area contributed by atoms with Crippen LogP contribution in [0.4, 0.5) is 0 Å². The van der Waals surface area contributed by atoms with Gasteiger partial charge in [-0.3, -0.25) is 9.59 Å². The first-order valence-corrected chi connectivity index (χ1v) is 7.48. The van der Waals surface area contributed by atoms with Crippen molar-refractivity contribution in [3.63, 3.8) is 0 Å². The smallest absolute Gasteiger partial charge is 0.277 e. The molecule has 1 heterocycles. The molecule has 3 rings (SSSR count). The number of amides is 1. The van der Waals surface area contributed by atoms with Crippen LogP contribution in [0.2, 0.25) is 0 Å². The fourth-order valence-electron chi connectivity index (χ4n) is 2.25. The maximum atomic E-state index is 12.3. The van der Waals surface area contributed by atoms with Gasteiger partial charge in [0, 0.05) is 12.1 Å². The van der Waals surface area contributed by atoms with Crippen LogP contribution in [0.15, 0.2) is 59.4 Å². The van der Waals surface area contributed by atoms with E-state index in [1.165, 1.54) is 30.3 Å². The van der Waals surface area contributed by atoms with Crippen molar-refractivity contribution in [1.82, 2.24) is 15.5 Å². The molecule has 0 aliphatic carbocycles. The van der Waals surface area contributed by atoms with Gasteiger partial charge in [-0.1, -0.05) is 12.1 Å². The zero-order chi connectivity index (χ0) is 17.8. The average Bonchev–Trinajstić information content (AvgIpc) is 2.62. The van der Waals surface area contributed by atoms with E-state index in [4.69, 9.17) is 0 Å². The molecule has 1 amide bonds. The number of benzene rings is 2. The lowest BCUT2D eigenvalue weighted by molar-refractivity contribution is 0.0949. The van der Waals surface area contributed by atoms with E-state index in [0.29, 0.717) is 11.3 Å². The molecular weight excluding hydrogens is 322 g/mol. The zero-order valence-electron chi connectivity index (χ0n) is 13.1. The van der Waals surface area contributed by atoms with Crippen LogP contribution in [0.5, 0.6) is 11.5 Å². The third-order valence-corrected chi connectivity index (χ3v) is 3.60. The number of hydrogen-bond donors (Lipinski definition) is 4. The SMILES string of the molecule is O=C(NCc1ccc(O)cc1)c1cc(-c2ccc(O)cc2)n[nH]c1=O. The molecule has 0 bridgehead atoms. The molecule has 0 unspecified atom stereocenters. The Bertz CT molecular complexity index is 947. The van der Waals surface area contributed by atoms with Gasteiger partial charge in [0.25, 0.3) is 11.5 Å².